The lowest BCUT2D eigenvalue weighted by atomic mass is 9.59. The number of aromatic hydroxyl groups is 1. The molecule has 3 heteroatoms. The van der Waals surface area contributed by atoms with Crippen LogP contribution in [0.3, 0.4) is 0 Å². The van der Waals surface area contributed by atoms with Crippen LogP contribution in [0.1, 0.15) is 49.7 Å². The Bertz CT molecular complexity index is 648. The summed E-state index contributed by atoms with van der Waals surface area (Å²) in [6, 6.07) is 3.88. The van der Waals surface area contributed by atoms with E-state index in [1.807, 2.05) is 12.1 Å². The van der Waals surface area contributed by atoms with Crippen LogP contribution in [0.5, 0.6) is 11.5 Å². The number of phenolic OH excluding ortho intramolecular Hbond substituents is 1. The highest BCUT2D eigenvalue weighted by Crippen LogP contribution is 2.59. The molecule has 2 saturated carbocycles. The van der Waals surface area contributed by atoms with Gasteiger partial charge in [-0.15, -0.1) is 0 Å². The van der Waals surface area contributed by atoms with Crippen molar-refractivity contribution in [2.45, 2.75) is 51.0 Å². The second-order valence-electron chi connectivity index (χ2n) is 7.37. The summed E-state index contributed by atoms with van der Waals surface area (Å²) >= 11 is 0. The zero-order valence-corrected chi connectivity index (χ0v) is 13.3. The first kappa shape index (κ1) is 14.1. The van der Waals surface area contributed by atoms with Crippen LogP contribution >= 0.6 is 0 Å². The number of allylic oxidation sites excluding steroid dienone is 2. The van der Waals surface area contributed by atoms with E-state index < -0.39 is 0 Å². The summed E-state index contributed by atoms with van der Waals surface area (Å²) in [5.74, 6) is 1.74. The maximum Gasteiger partial charge on any atom is 0.160 e. The Morgan fingerprint density at radius 1 is 1.23 bits per heavy atom. The van der Waals surface area contributed by atoms with Gasteiger partial charge in [0.1, 0.15) is 0 Å². The number of phenols is 1. The van der Waals surface area contributed by atoms with Gasteiger partial charge >= 0.3 is 0 Å². The van der Waals surface area contributed by atoms with Gasteiger partial charge in [-0.25, -0.2) is 0 Å². The Morgan fingerprint density at radius 2 is 2.05 bits per heavy atom. The molecule has 0 amide bonds. The minimum atomic E-state index is -0.157. The third-order valence-electron chi connectivity index (χ3n) is 6.44. The summed E-state index contributed by atoms with van der Waals surface area (Å²) in [5, 5.41) is 20.4. The van der Waals surface area contributed by atoms with Crippen molar-refractivity contribution in [3.63, 3.8) is 0 Å². The summed E-state index contributed by atoms with van der Waals surface area (Å²) in [4.78, 5) is 0. The van der Waals surface area contributed by atoms with Crippen molar-refractivity contribution in [3.8, 4) is 11.5 Å². The van der Waals surface area contributed by atoms with Gasteiger partial charge < -0.3 is 14.9 Å². The first-order valence-corrected chi connectivity index (χ1v) is 8.32. The largest absolute Gasteiger partial charge is 0.504 e. The Kier molecular flexibility index (Phi) is 3.06. The molecule has 0 heterocycles. The van der Waals surface area contributed by atoms with Crippen molar-refractivity contribution in [2.24, 2.45) is 11.3 Å². The molecule has 0 radical (unpaired) electrons. The fourth-order valence-corrected chi connectivity index (χ4v) is 5.11. The van der Waals surface area contributed by atoms with Crippen LogP contribution in [-0.2, 0) is 6.42 Å². The molecule has 2 fully saturated rings. The Hall–Kier alpha value is -1.48. The first-order valence-electron chi connectivity index (χ1n) is 8.32. The average Bonchev–Trinajstić information content (AvgIpc) is 2.82. The molecule has 2 N–H and O–H groups in total. The van der Waals surface area contributed by atoms with Crippen LogP contribution in [0.2, 0.25) is 0 Å². The molecular formula is C19H24O3. The standard InChI is InChI=1S/C19H24O3/c1-19-8-7-12-13(15(19)5-6-18(19)21)4-3-11-9-16(20)17(22-2)10-14(11)12/h4,9-10,12,15,18,20-21H,3,5-8H2,1-2H3/t12-,15-,18-,19-/m0/s1. The molecule has 3 aliphatic rings. The van der Waals surface area contributed by atoms with Crippen molar-refractivity contribution >= 4 is 0 Å². The van der Waals surface area contributed by atoms with Gasteiger partial charge in [-0.3, -0.25) is 0 Å². The van der Waals surface area contributed by atoms with E-state index in [0.29, 0.717) is 17.6 Å². The number of benzene rings is 1. The van der Waals surface area contributed by atoms with Gasteiger partial charge in [0.2, 0.25) is 0 Å². The van der Waals surface area contributed by atoms with E-state index in [-0.39, 0.29) is 17.3 Å². The maximum atomic E-state index is 10.4. The summed E-state index contributed by atoms with van der Waals surface area (Å²) in [6.07, 6.45) is 7.26. The van der Waals surface area contributed by atoms with Crippen LogP contribution in [0.4, 0.5) is 0 Å². The molecule has 0 bridgehead atoms. The molecular weight excluding hydrogens is 276 g/mol. The van der Waals surface area contributed by atoms with Crippen molar-refractivity contribution in [1.82, 2.24) is 0 Å². The molecule has 4 rings (SSSR count). The van der Waals surface area contributed by atoms with Gasteiger partial charge in [0.15, 0.2) is 11.5 Å². The number of rotatable bonds is 1. The topological polar surface area (TPSA) is 49.7 Å². The van der Waals surface area contributed by atoms with Crippen LogP contribution in [-0.4, -0.2) is 23.4 Å². The summed E-state index contributed by atoms with van der Waals surface area (Å²) in [7, 11) is 1.60. The van der Waals surface area contributed by atoms with E-state index in [2.05, 4.69) is 13.0 Å². The first-order chi connectivity index (χ1) is 10.5. The van der Waals surface area contributed by atoms with Crippen LogP contribution in [0.15, 0.2) is 23.8 Å². The normalized spacial score (nSPS) is 36.1. The Balaban J connectivity index is 1.76. The molecule has 3 nitrogen and oxygen atoms in total. The minimum Gasteiger partial charge on any atom is -0.504 e. The molecule has 118 valence electrons. The van der Waals surface area contributed by atoms with Crippen molar-refractivity contribution in [1.29, 1.82) is 0 Å². The Morgan fingerprint density at radius 3 is 2.82 bits per heavy atom. The monoisotopic (exact) mass is 300 g/mol. The summed E-state index contributed by atoms with van der Waals surface area (Å²) in [6.45, 7) is 2.26. The average molecular weight is 300 g/mol. The zero-order chi connectivity index (χ0) is 15.5. The summed E-state index contributed by atoms with van der Waals surface area (Å²) < 4.78 is 5.30. The van der Waals surface area contributed by atoms with Crippen molar-refractivity contribution < 1.29 is 14.9 Å². The lowest BCUT2D eigenvalue weighted by Crippen LogP contribution is -2.39. The molecule has 0 saturated heterocycles. The van der Waals surface area contributed by atoms with Crippen molar-refractivity contribution in [3.05, 3.63) is 34.9 Å². The molecule has 1 aromatic carbocycles. The SMILES string of the molecule is COc1cc2c(cc1O)CC=C1[C@@H]2CC[C@]2(C)[C@@H](O)CC[C@@H]12. The predicted molar refractivity (Wildman–Crippen MR) is 85.3 cm³/mol. The van der Waals surface area contributed by atoms with Crippen LogP contribution in [0, 0.1) is 11.3 Å². The van der Waals surface area contributed by atoms with Crippen LogP contribution in [0.25, 0.3) is 0 Å². The quantitative estimate of drug-likeness (QED) is 0.780. The molecule has 4 atom stereocenters. The van der Waals surface area contributed by atoms with E-state index in [0.717, 1.165) is 32.1 Å². The number of fused-ring (bicyclic) bond motifs is 5. The lowest BCUT2D eigenvalue weighted by Gasteiger charge is -2.46. The molecule has 0 aromatic heterocycles. The lowest BCUT2D eigenvalue weighted by molar-refractivity contribution is 0.0267. The third-order valence-corrected chi connectivity index (χ3v) is 6.44. The smallest absolute Gasteiger partial charge is 0.160 e. The van der Waals surface area contributed by atoms with E-state index in [9.17, 15) is 10.2 Å². The Labute approximate surface area is 131 Å². The fraction of sp³-hybridized carbons (Fsp3) is 0.579. The maximum absolute atomic E-state index is 10.4. The van der Waals surface area contributed by atoms with E-state index in [1.165, 1.54) is 16.7 Å². The molecule has 0 spiro atoms. The fourth-order valence-electron chi connectivity index (χ4n) is 5.11. The van der Waals surface area contributed by atoms with Crippen molar-refractivity contribution in [2.75, 3.05) is 7.11 Å². The van der Waals surface area contributed by atoms with E-state index >= 15 is 0 Å². The van der Waals surface area contributed by atoms with E-state index in [1.54, 1.807) is 7.11 Å². The zero-order valence-electron chi connectivity index (χ0n) is 13.3. The van der Waals surface area contributed by atoms with Gasteiger partial charge in [-0.05, 0) is 61.3 Å². The number of methoxy groups -OCH3 is 1. The van der Waals surface area contributed by atoms with Gasteiger partial charge in [0, 0.05) is 11.3 Å². The second kappa shape index (κ2) is 4.76. The van der Waals surface area contributed by atoms with E-state index in [4.69, 9.17) is 4.74 Å². The summed E-state index contributed by atoms with van der Waals surface area (Å²) in [5.41, 5.74) is 4.11. The minimum absolute atomic E-state index is 0.0564. The number of hydrogen-bond acceptors (Lipinski definition) is 3. The molecule has 0 unspecified atom stereocenters. The molecule has 3 aliphatic carbocycles. The third kappa shape index (κ3) is 1.78. The molecule has 0 aliphatic heterocycles. The second-order valence-corrected chi connectivity index (χ2v) is 7.37. The number of aliphatic hydroxyl groups excluding tert-OH is 1. The highest BCUT2D eigenvalue weighted by Gasteiger charge is 2.52. The van der Waals surface area contributed by atoms with Gasteiger partial charge in [0.25, 0.3) is 0 Å². The van der Waals surface area contributed by atoms with Gasteiger partial charge in [-0.2, -0.15) is 0 Å². The number of ether oxygens (including phenoxy) is 1. The highest BCUT2D eigenvalue weighted by atomic mass is 16.5. The number of hydrogen-bond donors (Lipinski definition) is 2. The predicted octanol–water partition coefficient (Wildman–Crippen LogP) is 3.54. The van der Waals surface area contributed by atoms with Gasteiger partial charge in [0.05, 0.1) is 13.2 Å². The number of aliphatic hydroxyl groups is 1. The molecule has 22 heavy (non-hydrogen) atoms. The van der Waals surface area contributed by atoms with Gasteiger partial charge in [-0.1, -0.05) is 18.6 Å². The highest BCUT2D eigenvalue weighted by molar-refractivity contribution is 5.53. The molecule has 1 aromatic rings. The van der Waals surface area contributed by atoms with Crippen LogP contribution < -0.4 is 4.74 Å².